The van der Waals surface area contributed by atoms with Crippen LogP contribution in [-0.4, -0.2) is 51.6 Å². The first-order valence-electron chi connectivity index (χ1n) is 8.03. The molecule has 0 unspecified atom stereocenters. The summed E-state index contributed by atoms with van der Waals surface area (Å²) in [6.07, 6.45) is 4.40. The lowest BCUT2D eigenvalue weighted by Gasteiger charge is -2.34. The molecule has 3 N–H and O–H groups in total. The standard InChI is InChI=1S/C15H21N5O4/c1-2-3-6-24-14(23)19-9-15(7-10(19)12(16)21)13(22)18-8-11-17-4-5-20(11)15/h4-5,10H,2-3,6-9H2,1H3,(H2,16,21)(H,18,22)/t10-,15+/m0/s1. The number of nitrogens with two attached hydrogens (primary N) is 1. The molecule has 9 heteroatoms. The van der Waals surface area contributed by atoms with Crippen LogP contribution in [0.2, 0.25) is 0 Å². The summed E-state index contributed by atoms with van der Waals surface area (Å²) in [6.45, 7) is 2.60. The highest BCUT2D eigenvalue weighted by Crippen LogP contribution is 2.37. The topological polar surface area (TPSA) is 120 Å². The average molecular weight is 335 g/mol. The van der Waals surface area contributed by atoms with Gasteiger partial charge in [0.05, 0.1) is 19.7 Å². The van der Waals surface area contributed by atoms with Crippen LogP contribution in [-0.2, 0) is 26.4 Å². The first-order chi connectivity index (χ1) is 11.5. The zero-order valence-electron chi connectivity index (χ0n) is 13.5. The van der Waals surface area contributed by atoms with Crippen LogP contribution in [0.5, 0.6) is 0 Å². The van der Waals surface area contributed by atoms with Gasteiger partial charge in [-0.3, -0.25) is 14.5 Å². The summed E-state index contributed by atoms with van der Waals surface area (Å²) in [5.41, 5.74) is 4.39. The molecule has 24 heavy (non-hydrogen) atoms. The molecular formula is C15H21N5O4. The monoisotopic (exact) mass is 335 g/mol. The lowest BCUT2D eigenvalue weighted by molar-refractivity contribution is -0.131. The van der Waals surface area contributed by atoms with E-state index in [-0.39, 0.29) is 25.5 Å². The number of amides is 3. The number of unbranched alkanes of at least 4 members (excludes halogenated alkanes) is 1. The van der Waals surface area contributed by atoms with Crippen molar-refractivity contribution in [1.29, 1.82) is 0 Å². The molecule has 1 fully saturated rings. The van der Waals surface area contributed by atoms with Crippen molar-refractivity contribution >= 4 is 17.9 Å². The van der Waals surface area contributed by atoms with E-state index in [1.165, 1.54) is 4.90 Å². The van der Waals surface area contributed by atoms with Crippen LogP contribution < -0.4 is 11.1 Å². The summed E-state index contributed by atoms with van der Waals surface area (Å²) < 4.78 is 6.95. The number of nitrogens with zero attached hydrogens (tertiary/aromatic N) is 3. The number of rotatable bonds is 4. The highest BCUT2D eigenvalue weighted by molar-refractivity contribution is 5.92. The van der Waals surface area contributed by atoms with Gasteiger partial charge in [-0.05, 0) is 6.42 Å². The molecule has 0 bridgehead atoms. The Labute approximate surface area is 139 Å². The average Bonchev–Trinajstić information content (AvgIpc) is 3.17. The fourth-order valence-corrected chi connectivity index (χ4v) is 3.35. The van der Waals surface area contributed by atoms with Crippen molar-refractivity contribution < 1.29 is 19.1 Å². The van der Waals surface area contributed by atoms with Gasteiger partial charge in [0, 0.05) is 18.8 Å². The summed E-state index contributed by atoms with van der Waals surface area (Å²) >= 11 is 0. The van der Waals surface area contributed by atoms with Crippen LogP contribution >= 0.6 is 0 Å². The fraction of sp³-hybridized carbons (Fsp3) is 0.600. The van der Waals surface area contributed by atoms with Crippen molar-refractivity contribution in [2.45, 2.75) is 44.3 Å². The fourth-order valence-electron chi connectivity index (χ4n) is 3.35. The number of ether oxygens (including phenoxy) is 1. The lowest BCUT2D eigenvalue weighted by atomic mass is 9.92. The Hall–Kier alpha value is -2.58. The Kier molecular flexibility index (Phi) is 4.16. The van der Waals surface area contributed by atoms with E-state index >= 15 is 0 Å². The minimum atomic E-state index is -1.08. The van der Waals surface area contributed by atoms with Gasteiger partial charge in [0.25, 0.3) is 0 Å². The highest BCUT2D eigenvalue weighted by atomic mass is 16.6. The third-order valence-corrected chi connectivity index (χ3v) is 4.63. The first kappa shape index (κ1) is 16.3. The molecule has 2 atom stereocenters. The van der Waals surface area contributed by atoms with Crippen molar-refractivity contribution in [2.24, 2.45) is 5.73 Å². The van der Waals surface area contributed by atoms with E-state index in [9.17, 15) is 14.4 Å². The van der Waals surface area contributed by atoms with Gasteiger partial charge in [-0.2, -0.15) is 0 Å². The van der Waals surface area contributed by atoms with E-state index in [0.717, 1.165) is 12.8 Å². The number of nitrogens with one attached hydrogen (secondary N) is 1. The van der Waals surface area contributed by atoms with Crippen LogP contribution in [0, 0.1) is 0 Å². The van der Waals surface area contributed by atoms with Crippen LogP contribution in [0.15, 0.2) is 12.4 Å². The van der Waals surface area contributed by atoms with E-state index in [2.05, 4.69) is 10.3 Å². The molecule has 3 heterocycles. The summed E-state index contributed by atoms with van der Waals surface area (Å²) in [7, 11) is 0. The Bertz CT molecular complexity index is 673. The number of fused-ring (bicyclic) bond motifs is 2. The van der Waals surface area contributed by atoms with E-state index in [1.54, 1.807) is 17.0 Å². The molecule has 1 aromatic rings. The zero-order chi connectivity index (χ0) is 17.3. The number of imidazole rings is 1. The van der Waals surface area contributed by atoms with Crippen LogP contribution in [0.4, 0.5) is 4.79 Å². The largest absolute Gasteiger partial charge is 0.449 e. The van der Waals surface area contributed by atoms with Gasteiger partial charge in [0.15, 0.2) is 0 Å². The van der Waals surface area contributed by atoms with E-state index in [4.69, 9.17) is 10.5 Å². The number of hydrogen-bond acceptors (Lipinski definition) is 5. The third-order valence-electron chi connectivity index (χ3n) is 4.63. The van der Waals surface area contributed by atoms with Crippen LogP contribution in [0.3, 0.4) is 0 Å². The van der Waals surface area contributed by atoms with Crippen molar-refractivity contribution in [3.05, 3.63) is 18.2 Å². The van der Waals surface area contributed by atoms with Gasteiger partial charge >= 0.3 is 6.09 Å². The van der Waals surface area contributed by atoms with Crippen molar-refractivity contribution in [3.63, 3.8) is 0 Å². The second-order valence-corrected chi connectivity index (χ2v) is 6.15. The molecule has 1 aromatic heterocycles. The second kappa shape index (κ2) is 6.14. The maximum absolute atomic E-state index is 12.6. The van der Waals surface area contributed by atoms with Crippen molar-refractivity contribution in [3.8, 4) is 0 Å². The predicted octanol–water partition coefficient (Wildman–Crippen LogP) is -0.295. The molecule has 3 rings (SSSR count). The minimum Gasteiger partial charge on any atom is -0.449 e. The molecule has 0 aliphatic carbocycles. The summed E-state index contributed by atoms with van der Waals surface area (Å²) in [5, 5.41) is 2.78. The van der Waals surface area contributed by atoms with Crippen LogP contribution in [0.1, 0.15) is 32.0 Å². The van der Waals surface area contributed by atoms with Gasteiger partial charge in [-0.15, -0.1) is 0 Å². The number of primary amides is 1. The van der Waals surface area contributed by atoms with Crippen molar-refractivity contribution in [2.75, 3.05) is 13.2 Å². The third kappa shape index (κ3) is 2.49. The Morgan fingerprint density at radius 3 is 3.04 bits per heavy atom. The van der Waals surface area contributed by atoms with Gasteiger partial charge in [0.1, 0.15) is 17.4 Å². The Morgan fingerprint density at radius 2 is 2.33 bits per heavy atom. The molecule has 0 saturated carbocycles. The molecule has 1 spiro atoms. The summed E-state index contributed by atoms with van der Waals surface area (Å²) in [4.78, 5) is 42.3. The number of likely N-dealkylation sites (tertiary alicyclic amines) is 1. The quantitative estimate of drug-likeness (QED) is 0.732. The smallest absolute Gasteiger partial charge is 0.410 e. The van der Waals surface area contributed by atoms with Crippen LogP contribution in [0.25, 0.3) is 0 Å². The number of aromatic nitrogens is 2. The molecule has 0 aromatic carbocycles. The SMILES string of the molecule is CCCCOC(=O)N1C[C@]2(C[C@H]1C(N)=O)C(=O)NCc1nccn12. The summed E-state index contributed by atoms with van der Waals surface area (Å²) in [6, 6.07) is -0.891. The Balaban J connectivity index is 1.89. The van der Waals surface area contributed by atoms with E-state index < -0.39 is 23.6 Å². The molecule has 1 saturated heterocycles. The normalized spacial score (nSPS) is 25.5. The minimum absolute atomic E-state index is 0.0285. The molecule has 130 valence electrons. The second-order valence-electron chi connectivity index (χ2n) is 6.15. The lowest BCUT2D eigenvalue weighted by Crippen LogP contribution is -2.55. The molecule has 3 amide bonds. The molecule has 2 aliphatic rings. The van der Waals surface area contributed by atoms with Gasteiger partial charge < -0.3 is 20.4 Å². The maximum atomic E-state index is 12.6. The molecule has 2 aliphatic heterocycles. The zero-order valence-corrected chi connectivity index (χ0v) is 13.5. The molecule has 9 nitrogen and oxygen atoms in total. The molecular weight excluding hydrogens is 314 g/mol. The number of carbonyl (C=O) groups excluding carboxylic acids is 3. The highest BCUT2D eigenvalue weighted by Gasteiger charge is 2.56. The van der Waals surface area contributed by atoms with Crippen molar-refractivity contribution in [1.82, 2.24) is 19.8 Å². The number of hydrogen-bond donors (Lipinski definition) is 2. The number of carbonyl (C=O) groups is 3. The Morgan fingerprint density at radius 1 is 1.54 bits per heavy atom. The molecule has 0 radical (unpaired) electrons. The van der Waals surface area contributed by atoms with Gasteiger partial charge in [-0.25, -0.2) is 9.78 Å². The predicted molar refractivity (Wildman–Crippen MR) is 82.6 cm³/mol. The van der Waals surface area contributed by atoms with E-state index in [0.29, 0.717) is 12.4 Å². The van der Waals surface area contributed by atoms with E-state index in [1.807, 2.05) is 6.92 Å². The maximum Gasteiger partial charge on any atom is 0.410 e. The van der Waals surface area contributed by atoms with Gasteiger partial charge in [-0.1, -0.05) is 13.3 Å². The van der Waals surface area contributed by atoms with Gasteiger partial charge in [0.2, 0.25) is 11.8 Å². The first-order valence-corrected chi connectivity index (χ1v) is 8.03. The summed E-state index contributed by atoms with van der Waals surface area (Å²) in [5.74, 6) is -0.221.